The highest BCUT2D eigenvalue weighted by Gasteiger charge is 2.26. The SMILES string of the molecule is CC(C)OC(=O)N(CCCCN(CCCN(CC(=O)O)C(=O)OC(C)(C)C)C(=O)OC(C)(C)C)CCCNC(=O)OC(C)(C)C. The Labute approximate surface area is 269 Å². The molecule has 0 aliphatic carbocycles. The minimum atomic E-state index is -1.17. The highest BCUT2D eigenvalue weighted by Crippen LogP contribution is 2.14. The molecule has 0 aromatic rings. The first-order chi connectivity index (χ1) is 20.5. The number of nitrogens with one attached hydrogen (secondary N) is 1. The molecule has 0 atom stereocenters. The number of carboxylic acids is 1. The van der Waals surface area contributed by atoms with Gasteiger partial charge in [0.05, 0.1) is 6.10 Å². The van der Waals surface area contributed by atoms with Crippen LogP contribution in [0.3, 0.4) is 0 Å². The van der Waals surface area contributed by atoms with Crippen LogP contribution in [0.5, 0.6) is 0 Å². The van der Waals surface area contributed by atoms with Gasteiger partial charge in [0.25, 0.3) is 0 Å². The van der Waals surface area contributed by atoms with Crippen molar-refractivity contribution in [3.05, 3.63) is 0 Å². The number of amides is 4. The Hall–Kier alpha value is -3.45. The van der Waals surface area contributed by atoms with Gasteiger partial charge in [0.15, 0.2) is 0 Å². The summed E-state index contributed by atoms with van der Waals surface area (Å²) in [5.74, 6) is -1.17. The summed E-state index contributed by atoms with van der Waals surface area (Å²) in [4.78, 5) is 65.7. The molecule has 14 nitrogen and oxygen atoms in total. The van der Waals surface area contributed by atoms with Crippen LogP contribution in [0, 0.1) is 0 Å². The summed E-state index contributed by atoms with van der Waals surface area (Å²) in [5, 5.41) is 11.9. The number of hydrogen-bond donors (Lipinski definition) is 2. The Balaban J connectivity index is 5.26. The second kappa shape index (κ2) is 19.2. The van der Waals surface area contributed by atoms with E-state index in [4.69, 9.17) is 18.9 Å². The number of carbonyl (C=O) groups excluding carboxylic acids is 4. The van der Waals surface area contributed by atoms with Gasteiger partial charge in [-0.1, -0.05) is 0 Å². The van der Waals surface area contributed by atoms with E-state index in [1.165, 1.54) is 4.90 Å². The van der Waals surface area contributed by atoms with Gasteiger partial charge < -0.3 is 39.2 Å². The molecule has 0 fully saturated rings. The lowest BCUT2D eigenvalue weighted by molar-refractivity contribution is -0.138. The van der Waals surface area contributed by atoms with Crippen LogP contribution >= 0.6 is 0 Å². The molecule has 45 heavy (non-hydrogen) atoms. The van der Waals surface area contributed by atoms with Crippen molar-refractivity contribution in [1.29, 1.82) is 0 Å². The van der Waals surface area contributed by atoms with Crippen LogP contribution in [0.1, 0.15) is 102 Å². The lowest BCUT2D eigenvalue weighted by atomic mass is 10.2. The first-order valence-corrected chi connectivity index (χ1v) is 15.6. The van der Waals surface area contributed by atoms with Crippen molar-refractivity contribution < 1.29 is 48.0 Å². The molecule has 0 aliphatic rings. The quantitative estimate of drug-likeness (QED) is 0.162. The average Bonchev–Trinajstić information content (AvgIpc) is 2.81. The number of carbonyl (C=O) groups is 5. The number of rotatable bonds is 16. The van der Waals surface area contributed by atoms with Crippen LogP contribution in [-0.2, 0) is 23.7 Å². The van der Waals surface area contributed by atoms with Gasteiger partial charge in [-0.15, -0.1) is 0 Å². The van der Waals surface area contributed by atoms with E-state index in [0.717, 1.165) is 4.90 Å². The van der Waals surface area contributed by atoms with E-state index >= 15 is 0 Å². The van der Waals surface area contributed by atoms with Crippen LogP contribution in [0.4, 0.5) is 19.2 Å². The van der Waals surface area contributed by atoms with Gasteiger partial charge in [0.1, 0.15) is 23.3 Å². The second-order valence-corrected chi connectivity index (χ2v) is 14.0. The molecular formula is C31H58N4O10. The molecule has 0 radical (unpaired) electrons. The number of aliphatic carboxylic acids is 1. The predicted molar refractivity (Wildman–Crippen MR) is 169 cm³/mol. The van der Waals surface area contributed by atoms with Crippen molar-refractivity contribution in [2.24, 2.45) is 0 Å². The van der Waals surface area contributed by atoms with Gasteiger partial charge in [0.2, 0.25) is 0 Å². The largest absolute Gasteiger partial charge is 0.480 e. The van der Waals surface area contributed by atoms with Crippen molar-refractivity contribution in [1.82, 2.24) is 20.0 Å². The standard InChI is InChI=1S/C31H58N4O10/c1-23(2)42-26(39)33(19-14-16-32-25(38)43-29(3,4)5)17-12-13-18-34(27(40)44-30(6,7)8)20-15-21-35(22-24(36)37)28(41)45-31(9,10)11/h23H,12-22H2,1-11H3,(H,32,38)(H,36,37). The molecule has 0 saturated carbocycles. The van der Waals surface area contributed by atoms with E-state index in [0.29, 0.717) is 51.9 Å². The maximum absolute atomic E-state index is 13.0. The van der Waals surface area contributed by atoms with Crippen molar-refractivity contribution in [2.45, 2.75) is 125 Å². The highest BCUT2D eigenvalue weighted by atomic mass is 16.6. The Morgan fingerprint density at radius 3 is 1.44 bits per heavy atom. The van der Waals surface area contributed by atoms with Gasteiger partial charge in [-0.3, -0.25) is 9.69 Å². The summed E-state index contributed by atoms with van der Waals surface area (Å²) in [6.45, 7) is 20.3. The first kappa shape index (κ1) is 41.5. The van der Waals surface area contributed by atoms with Crippen LogP contribution in [0.15, 0.2) is 0 Å². The van der Waals surface area contributed by atoms with Crippen molar-refractivity contribution >= 4 is 30.3 Å². The maximum atomic E-state index is 13.0. The predicted octanol–water partition coefficient (Wildman–Crippen LogP) is 5.48. The molecule has 0 heterocycles. The van der Waals surface area contributed by atoms with E-state index in [1.807, 2.05) is 0 Å². The minimum absolute atomic E-state index is 0.0622. The van der Waals surface area contributed by atoms with E-state index in [2.05, 4.69) is 5.32 Å². The van der Waals surface area contributed by atoms with Gasteiger partial charge in [-0.05, 0) is 102 Å². The fourth-order valence-electron chi connectivity index (χ4n) is 3.75. The zero-order valence-corrected chi connectivity index (χ0v) is 29.3. The molecule has 0 spiro atoms. The molecule has 0 aromatic heterocycles. The van der Waals surface area contributed by atoms with E-state index < -0.39 is 53.7 Å². The highest BCUT2D eigenvalue weighted by molar-refractivity contribution is 5.77. The number of carboxylic acid groups (broad SMARTS) is 1. The Kier molecular flexibility index (Phi) is 17.7. The molecule has 4 amide bonds. The Bertz CT molecular complexity index is 951. The summed E-state index contributed by atoms with van der Waals surface area (Å²) in [5.41, 5.74) is -2.13. The fraction of sp³-hybridized carbons (Fsp3) is 0.839. The summed E-state index contributed by atoms with van der Waals surface area (Å²) >= 11 is 0. The number of ether oxygens (including phenoxy) is 4. The third-order valence-electron chi connectivity index (χ3n) is 5.46. The second-order valence-electron chi connectivity index (χ2n) is 14.0. The van der Waals surface area contributed by atoms with Gasteiger partial charge in [-0.25, -0.2) is 19.2 Å². The monoisotopic (exact) mass is 646 g/mol. The zero-order chi connectivity index (χ0) is 35.0. The van der Waals surface area contributed by atoms with Crippen LogP contribution in [0.2, 0.25) is 0 Å². The normalized spacial score (nSPS) is 11.8. The fourth-order valence-corrected chi connectivity index (χ4v) is 3.75. The topological polar surface area (TPSA) is 164 Å². The first-order valence-electron chi connectivity index (χ1n) is 15.6. The van der Waals surface area contributed by atoms with E-state index in [9.17, 15) is 29.1 Å². The molecule has 0 bridgehead atoms. The molecule has 14 heteroatoms. The molecule has 0 rings (SSSR count). The summed E-state index contributed by atoms with van der Waals surface area (Å²) < 4.78 is 21.5. The van der Waals surface area contributed by atoms with Crippen molar-refractivity contribution in [3.63, 3.8) is 0 Å². The van der Waals surface area contributed by atoms with E-state index in [-0.39, 0.29) is 19.2 Å². The van der Waals surface area contributed by atoms with Crippen LogP contribution in [0.25, 0.3) is 0 Å². The molecular weight excluding hydrogens is 588 g/mol. The minimum Gasteiger partial charge on any atom is -0.480 e. The van der Waals surface area contributed by atoms with E-state index in [1.54, 1.807) is 81.1 Å². The molecule has 0 saturated heterocycles. The lowest BCUT2D eigenvalue weighted by Crippen LogP contribution is -2.42. The summed E-state index contributed by atoms with van der Waals surface area (Å²) in [6.07, 6.45) is -0.711. The number of unbranched alkanes of at least 4 members (excludes halogenated alkanes) is 1. The Morgan fingerprint density at radius 2 is 1.00 bits per heavy atom. The van der Waals surface area contributed by atoms with Crippen molar-refractivity contribution in [3.8, 4) is 0 Å². The molecule has 0 aromatic carbocycles. The smallest absolute Gasteiger partial charge is 0.410 e. The number of hydrogen-bond acceptors (Lipinski definition) is 9. The molecule has 2 N–H and O–H groups in total. The Morgan fingerprint density at radius 1 is 0.600 bits per heavy atom. The number of nitrogens with zero attached hydrogens (tertiary/aromatic N) is 3. The summed E-state index contributed by atoms with van der Waals surface area (Å²) in [7, 11) is 0. The van der Waals surface area contributed by atoms with Crippen LogP contribution < -0.4 is 5.32 Å². The average molecular weight is 647 g/mol. The molecule has 0 unspecified atom stereocenters. The molecule has 0 aliphatic heterocycles. The zero-order valence-electron chi connectivity index (χ0n) is 29.3. The van der Waals surface area contributed by atoms with Crippen molar-refractivity contribution in [2.75, 3.05) is 45.8 Å². The summed E-state index contributed by atoms with van der Waals surface area (Å²) in [6, 6.07) is 0. The molecule has 262 valence electrons. The third kappa shape index (κ3) is 22.7. The van der Waals surface area contributed by atoms with Gasteiger partial charge >= 0.3 is 30.3 Å². The maximum Gasteiger partial charge on any atom is 0.410 e. The van der Waals surface area contributed by atoms with Gasteiger partial charge in [0, 0.05) is 39.3 Å². The van der Waals surface area contributed by atoms with Crippen LogP contribution in [-0.4, -0.2) is 119 Å². The number of alkyl carbamates (subject to hydrolysis) is 1. The lowest BCUT2D eigenvalue weighted by Gasteiger charge is -2.29. The third-order valence-corrected chi connectivity index (χ3v) is 5.46. The van der Waals surface area contributed by atoms with Gasteiger partial charge in [-0.2, -0.15) is 0 Å².